The van der Waals surface area contributed by atoms with Gasteiger partial charge < -0.3 is 10.6 Å². The minimum atomic E-state index is -0.220. The Labute approximate surface area is 130 Å². The van der Waals surface area contributed by atoms with E-state index in [0.717, 1.165) is 16.5 Å². The van der Waals surface area contributed by atoms with Crippen LogP contribution < -0.4 is 10.6 Å². The van der Waals surface area contributed by atoms with Gasteiger partial charge in [-0.2, -0.15) is 0 Å². The highest BCUT2D eigenvalue weighted by Gasteiger charge is 2.26. The van der Waals surface area contributed by atoms with Gasteiger partial charge in [0, 0.05) is 16.6 Å². The highest BCUT2D eigenvalue weighted by atomic mass is 79.9. The number of urea groups is 1. The van der Waals surface area contributed by atoms with Gasteiger partial charge in [-0.25, -0.2) is 4.79 Å². The smallest absolute Gasteiger partial charge is 0.315 e. The molecule has 3 nitrogen and oxygen atoms in total. The van der Waals surface area contributed by atoms with Crippen LogP contribution in [0.5, 0.6) is 0 Å². The van der Waals surface area contributed by atoms with Crippen molar-refractivity contribution in [1.29, 1.82) is 0 Å². The largest absolute Gasteiger partial charge is 0.334 e. The standard InChI is InChI=1S/C16H25BrN2O/c1-15(2,3)11-16(4,5)19-14(20)18-10-12-6-8-13(17)9-7-12/h6-9H,10-11H2,1-5H3,(H2,18,19,20). The minimum absolute atomic E-state index is 0.123. The van der Waals surface area contributed by atoms with Crippen molar-refractivity contribution in [3.05, 3.63) is 34.3 Å². The summed E-state index contributed by atoms with van der Waals surface area (Å²) in [4.78, 5) is 12.0. The average molecular weight is 341 g/mol. The van der Waals surface area contributed by atoms with E-state index >= 15 is 0 Å². The lowest BCUT2D eigenvalue weighted by Crippen LogP contribution is -2.49. The normalized spacial score (nSPS) is 12.1. The van der Waals surface area contributed by atoms with Crippen molar-refractivity contribution in [2.24, 2.45) is 5.41 Å². The molecule has 2 amide bonds. The fraction of sp³-hybridized carbons (Fsp3) is 0.562. The van der Waals surface area contributed by atoms with Crippen LogP contribution in [0.15, 0.2) is 28.7 Å². The lowest BCUT2D eigenvalue weighted by Gasteiger charge is -2.33. The van der Waals surface area contributed by atoms with Crippen LogP contribution >= 0.6 is 15.9 Å². The minimum Gasteiger partial charge on any atom is -0.334 e. The molecular formula is C16H25BrN2O. The molecule has 0 aromatic heterocycles. The number of amides is 2. The van der Waals surface area contributed by atoms with E-state index in [1.807, 2.05) is 24.3 Å². The van der Waals surface area contributed by atoms with Crippen LogP contribution in [0.2, 0.25) is 0 Å². The Morgan fingerprint density at radius 1 is 1.10 bits per heavy atom. The number of hydrogen-bond donors (Lipinski definition) is 2. The maximum Gasteiger partial charge on any atom is 0.315 e. The Kier molecular flexibility index (Phi) is 5.63. The Bertz CT molecular complexity index is 447. The van der Waals surface area contributed by atoms with Crippen LogP contribution in [0.1, 0.15) is 46.6 Å². The van der Waals surface area contributed by atoms with E-state index in [1.165, 1.54) is 0 Å². The number of carbonyl (C=O) groups excluding carboxylic acids is 1. The summed E-state index contributed by atoms with van der Waals surface area (Å²) in [6.45, 7) is 11.2. The Morgan fingerprint density at radius 2 is 1.65 bits per heavy atom. The molecule has 4 heteroatoms. The van der Waals surface area contributed by atoms with Gasteiger partial charge in [-0.1, -0.05) is 48.8 Å². The fourth-order valence-electron chi connectivity index (χ4n) is 2.51. The predicted molar refractivity (Wildman–Crippen MR) is 87.7 cm³/mol. The molecule has 0 saturated carbocycles. The summed E-state index contributed by atoms with van der Waals surface area (Å²) >= 11 is 3.39. The summed E-state index contributed by atoms with van der Waals surface area (Å²) in [6, 6.07) is 7.80. The van der Waals surface area contributed by atoms with Gasteiger partial charge in [0.15, 0.2) is 0 Å². The van der Waals surface area contributed by atoms with Crippen LogP contribution in [0.25, 0.3) is 0 Å². The molecule has 1 aromatic carbocycles. The highest BCUT2D eigenvalue weighted by molar-refractivity contribution is 9.10. The molecule has 0 atom stereocenters. The molecule has 1 aromatic rings. The molecule has 0 fully saturated rings. The summed E-state index contributed by atoms with van der Waals surface area (Å²) in [5.74, 6) is 0. The summed E-state index contributed by atoms with van der Waals surface area (Å²) in [5.41, 5.74) is 1.04. The summed E-state index contributed by atoms with van der Waals surface area (Å²) < 4.78 is 1.04. The van der Waals surface area contributed by atoms with Gasteiger partial charge in [-0.05, 0) is 43.4 Å². The van der Waals surface area contributed by atoms with Crippen LogP contribution in [0.4, 0.5) is 4.79 Å². The highest BCUT2D eigenvalue weighted by Crippen LogP contribution is 2.26. The van der Waals surface area contributed by atoms with E-state index in [1.54, 1.807) is 0 Å². The third-order valence-corrected chi connectivity index (χ3v) is 3.32. The number of benzene rings is 1. The van der Waals surface area contributed by atoms with Crippen LogP contribution in [-0.2, 0) is 6.54 Å². The van der Waals surface area contributed by atoms with Crippen molar-refractivity contribution in [2.75, 3.05) is 0 Å². The van der Waals surface area contributed by atoms with Crippen LogP contribution in [0, 0.1) is 5.41 Å². The van der Waals surface area contributed by atoms with Crippen molar-refractivity contribution in [1.82, 2.24) is 10.6 Å². The molecule has 20 heavy (non-hydrogen) atoms. The molecule has 0 spiro atoms. The first-order chi connectivity index (χ1) is 9.07. The second kappa shape index (κ2) is 6.61. The fourth-order valence-corrected chi connectivity index (χ4v) is 2.77. The van der Waals surface area contributed by atoms with Gasteiger partial charge in [-0.3, -0.25) is 0 Å². The Morgan fingerprint density at radius 3 is 2.15 bits per heavy atom. The molecule has 0 radical (unpaired) electrons. The summed E-state index contributed by atoms with van der Waals surface area (Å²) in [6.07, 6.45) is 0.922. The van der Waals surface area contributed by atoms with E-state index in [9.17, 15) is 4.79 Å². The Balaban J connectivity index is 2.45. The zero-order valence-electron chi connectivity index (χ0n) is 13.0. The molecular weight excluding hydrogens is 316 g/mol. The van der Waals surface area contributed by atoms with Crippen molar-refractivity contribution in [2.45, 2.75) is 53.1 Å². The SMILES string of the molecule is CC(C)(C)CC(C)(C)NC(=O)NCc1ccc(Br)cc1. The number of halogens is 1. The van der Waals surface area contributed by atoms with Gasteiger partial charge in [0.1, 0.15) is 0 Å². The van der Waals surface area contributed by atoms with Gasteiger partial charge >= 0.3 is 6.03 Å². The van der Waals surface area contributed by atoms with E-state index in [2.05, 4.69) is 61.2 Å². The van der Waals surface area contributed by atoms with Gasteiger partial charge in [0.25, 0.3) is 0 Å². The second-order valence-electron chi connectivity index (χ2n) is 7.06. The molecule has 1 rings (SSSR count). The first kappa shape index (κ1) is 17.0. The van der Waals surface area contributed by atoms with E-state index in [0.29, 0.717) is 6.54 Å². The maximum absolute atomic E-state index is 12.0. The van der Waals surface area contributed by atoms with Gasteiger partial charge in [0.2, 0.25) is 0 Å². The second-order valence-corrected chi connectivity index (χ2v) is 7.97. The van der Waals surface area contributed by atoms with E-state index < -0.39 is 0 Å². The zero-order valence-corrected chi connectivity index (χ0v) is 14.6. The molecule has 0 aliphatic heterocycles. The molecule has 2 N–H and O–H groups in total. The van der Waals surface area contributed by atoms with Crippen LogP contribution in [0.3, 0.4) is 0 Å². The molecule has 0 aliphatic carbocycles. The lowest BCUT2D eigenvalue weighted by atomic mass is 9.82. The molecule has 0 saturated heterocycles. The molecule has 112 valence electrons. The maximum atomic E-state index is 12.0. The number of hydrogen-bond acceptors (Lipinski definition) is 1. The summed E-state index contributed by atoms with van der Waals surface area (Å²) in [5, 5.41) is 5.93. The number of rotatable bonds is 4. The third kappa shape index (κ3) is 6.94. The first-order valence-electron chi connectivity index (χ1n) is 6.88. The topological polar surface area (TPSA) is 41.1 Å². The predicted octanol–water partition coefficient (Wildman–Crippen LogP) is 4.46. The zero-order chi connectivity index (χ0) is 15.4. The van der Waals surface area contributed by atoms with Crippen molar-refractivity contribution in [3.8, 4) is 0 Å². The Hall–Kier alpha value is -1.03. The number of nitrogens with one attached hydrogen (secondary N) is 2. The third-order valence-electron chi connectivity index (χ3n) is 2.79. The summed E-state index contributed by atoms with van der Waals surface area (Å²) in [7, 11) is 0. The molecule has 0 aliphatic rings. The van der Waals surface area contributed by atoms with Gasteiger partial charge in [-0.15, -0.1) is 0 Å². The van der Waals surface area contributed by atoms with Crippen molar-refractivity contribution in [3.63, 3.8) is 0 Å². The van der Waals surface area contributed by atoms with Crippen molar-refractivity contribution < 1.29 is 4.79 Å². The quantitative estimate of drug-likeness (QED) is 0.834. The van der Waals surface area contributed by atoms with Crippen LogP contribution in [-0.4, -0.2) is 11.6 Å². The average Bonchev–Trinajstić information content (AvgIpc) is 2.24. The molecule has 0 unspecified atom stereocenters. The van der Waals surface area contributed by atoms with E-state index in [-0.39, 0.29) is 17.0 Å². The first-order valence-corrected chi connectivity index (χ1v) is 7.67. The molecule has 0 heterocycles. The number of carbonyl (C=O) groups is 1. The lowest BCUT2D eigenvalue weighted by molar-refractivity contribution is 0.210. The van der Waals surface area contributed by atoms with E-state index in [4.69, 9.17) is 0 Å². The molecule has 0 bridgehead atoms. The van der Waals surface area contributed by atoms with Crippen molar-refractivity contribution >= 4 is 22.0 Å². The van der Waals surface area contributed by atoms with Gasteiger partial charge in [0.05, 0.1) is 0 Å². The monoisotopic (exact) mass is 340 g/mol.